The van der Waals surface area contributed by atoms with Crippen molar-refractivity contribution in [1.82, 2.24) is 0 Å². The summed E-state index contributed by atoms with van der Waals surface area (Å²) in [7, 11) is 1.56. The SMILES string of the molecule is COc1cccc(N2C[C@H](C(=O)Nc3cc(F)ccc3C)CC2=O)c1. The Morgan fingerprint density at radius 2 is 2.08 bits per heavy atom. The summed E-state index contributed by atoms with van der Waals surface area (Å²) in [6.07, 6.45) is 0.122. The Kier molecular flexibility index (Phi) is 4.70. The second-order valence-corrected chi connectivity index (χ2v) is 6.06. The van der Waals surface area contributed by atoms with Crippen LogP contribution in [0, 0.1) is 18.7 Å². The third kappa shape index (κ3) is 3.63. The molecule has 0 saturated carbocycles. The molecule has 2 amide bonds. The average molecular weight is 342 g/mol. The molecule has 1 fully saturated rings. The molecule has 0 aromatic heterocycles. The van der Waals surface area contributed by atoms with E-state index in [1.807, 2.05) is 0 Å². The summed E-state index contributed by atoms with van der Waals surface area (Å²) in [5.41, 5.74) is 1.89. The summed E-state index contributed by atoms with van der Waals surface area (Å²) in [6, 6.07) is 11.4. The number of carbonyl (C=O) groups is 2. The van der Waals surface area contributed by atoms with Crippen molar-refractivity contribution in [3.8, 4) is 5.75 Å². The quantitative estimate of drug-likeness (QED) is 0.929. The fraction of sp³-hybridized carbons (Fsp3) is 0.263. The number of anilines is 2. The lowest BCUT2D eigenvalue weighted by atomic mass is 10.1. The topological polar surface area (TPSA) is 58.6 Å². The van der Waals surface area contributed by atoms with Crippen LogP contribution in [0.1, 0.15) is 12.0 Å². The van der Waals surface area contributed by atoms with Gasteiger partial charge in [0.15, 0.2) is 0 Å². The predicted molar refractivity (Wildman–Crippen MR) is 93.2 cm³/mol. The Morgan fingerprint density at radius 3 is 2.84 bits per heavy atom. The summed E-state index contributed by atoms with van der Waals surface area (Å²) in [5, 5.41) is 2.73. The molecule has 130 valence electrons. The molecule has 2 aromatic carbocycles. The molecule has 6 heteroatoms. The molecule has 0 unspecified atom stereocenters. The Morgan fingerprint density at radius 1 is 1.28 bits per heavy atom. The number of hydrogen-bond acceptors (Lipinski definition) is 3. The van der Waals surface area contributed by atoms with Gasteiger partial charge in [-0.05, 0) is 36.8 Å². The van der Waals surface area contributed by atoms with Crippen LogP contribution in [-0.4, -0.2) is 25.5 Å². The van der Waals surface area contributed by atoms with Crippen LogP contribution in [0.3, 0.4) is 0 Å². The van der Waals surface area contributed by atoms with Crippen LogP contribution in [0.25, 0.3) is 0 Å². The highest BCUT2D eigenvalue weighted by Gasteiger charge is 2.35. The molecular formula is C19H19FN2O3. The average Bonchev–Trinajstić information content (AvgIpc) is 3.00. The Labute approximate surface area is 145 Å². The highest BCUT2D eigenvalue weighted by Crippen LogP contribution is 2.29. The van der Waals surface area contributed by atoms with Gasteiger partial charge >= 0.3 is 0 Å². The van der Waals surface area contributed by atoms with Crippen molar-refractivity contribution in [2.24, 2.45) is 5.92 Å². The fourth-order valence-corrected chi connectivity index (χ4v) is 2.87. The highest BCUT2D eigenvalue weighted by atomic mass is 19.1. The van der Waals surface area contributed by atoms with Gasteiger partial charge in [-0.2, -0.15) is 0 Å². The minimum atomic E-state index is -0.485. The molecule has 5 nitrogen and oxygen atoms in total. The van der Waals surface area contributed by atoms with Crippen molar-refractivity contribution in [1.29, 1.82) is 0 Å². The first-order chi connectivity index (χ1) is 12.0. The van der Waals surface area contributed by atoms with Gasteiger partial charge in [0, 0.05) is 30.4 Å². The van der Waals surface area contributed by atoms with E-state index >= 15 is 0 Å². The van der Waals surface area contributed by atoms with Crippen molar-refractivity contribution in [3.05, 3.63) is 53.8 Å². The number of methoxy groups -OCH3 is 1. The number of aryl methyl sites for hydroxylation is 1. The minimum absolute atomic E-state index is 0.121. The molecule has 1 saturated heterocycles. The molecular weight excluding hydrogens is 323 g/mol. The Hall–Kier alpha value is -2.89. The van der Waals surface area contributed by atoms with Gasteiger partial charge in [-0.25, -0.2) is 4.39 Å². The van der Waals surface area contributed by atoms with Gasteiger partial charge in [0.2, 0.25) is 11.8 Å². The Balaban J connectivity index is 1.73. The lowest BCUT2D eigenvalue weighted by Gasteiger charge is -2.17. The summed E-state index contributed by atoms with van der Waals surface area (Å²) in [6.45, 7) is 2.07. The third-order valence-electron chi connectivity index (χ3n) is 4.32. The summed E-state index contributed by atoms with van der Waals surface area (Å²) >= 11 is 0. The summed E-state index contributed by atoms with van der Waals surface area (Å²) in [5.74, 6) is -0.659. The number of amides is 2. The number of hydrogen-bond donors (Lipinski definition) is 1. The van der Waals surface area contributed by atoms with Gasteiger partial charge in [-0.1, -0.05) is 12.1 Å². The number of nitrogens with one attached hydrogen (secondary N) is 1. The maximum absolute atomic E-state index is 13.4. The van der Waals surface area contributed by atoms with E-state index in [0.717, 1.165) is 5.56 Å². The smallest absolute Gasteiger partial charge is 0.229 e. The molecule has 0 bridgehead atoms. The lowest BCUT2D eigenvalue weighted by molar-refractivity contribution is -0.122. The molecule has 1 atom stereocenters. The summed E-state index contributed by atoms with van der Waals surface area (Å²) < 4.78 is 18.5. The monoisotopic (exact) mass is 342 g/mol. The zero-order chi connectivity index (χ0) is 18.0. The van der Waals surface area contributed by atoms with Gasteiger partial charge in [-0.3, -0.25) is 9.59 Å². The maximum atomic E-state index is 13.4. The predicted octanol–water partition coefficient (Wildman–Crippen LogP) is 3.13. The maximum Gasteiger partial charge on any atom is 0.229 e. The molecule has 1 N–H and O–H groups in total. The van der Waals surface area contributed by atoms with Crippen molar-refractivity contribution < 1.29 is 18.7 Å². The van der Waals surface area contributed by atoms with Crippen LogP contribution in [0.4, 0.5) is 15.8 Å². The van der Waals surface area contributed by atoms with Crippen LogP contribution in [-0.2, 0) is 9.59 Å². The van der Waals surface area contributed by atoms with E-state index in [4.69, 9.17) is 4.74 Å². The van der Waals surface area contributed by atoms with Crippen LogP contribution in [0.2, 0.25) is 0 Å². The first-order valence-electron chi connectivity index (χ1n) is 7.99. The number of carbonyl (C=O) groups excluding carboxylic acids is 2. The van der Waals surface area contributed by atoms with Crippen molar-refractivity contribution in [2.75, 3.05) is 23.9 Å². The number of rotatable bonds is 4. The van der Waals surface area contributed by atoms with E-state index in [0.29, 0.717) is 17.1 Å². The van der Waals surface area contributed by atoms with Crippen molar-refractivity contribution >= 4 is 23.2 Å². The van der Waals surface area contributed by atoms with E-state index in [9.17, 15) is 14.0 Å². The van der Waals surface area contributed by atoms with Crippen molar-refractivity contribution in [3.63, 3.8) is 0 Å². The van der Waals surface area contributed by atoms with Crippen molar-refractivity contribution in [2.45, 2.75) is 13.3 Å². The number of halogens is 1. The molecule has 1 aliphatic rings. The van der Waals surface area contributed by atoms with Crippen LogP contribution < -0.4 is 15.0 Å². The molecule has 0 aliphatic carbocycles. The van der Waals surface area contributed by atoms with E-state index in [2.05, 4.69) is 5.32 Å². The zero-order valence-corrected chi connectivity index (χ0v) is 14.1. The molecule has 2 aromatic rings. The number of ether oxygens (including phenoxy) is 1. The molecule has 0 spiro atoms. The third-order valence-corrected chi connectivity index (χ3v) is 4.32. The van der Waals surface area contributed by atoms with Gasteiger partial charge in [0.05, 0.1) is 13.0 Å². The van der Waals surface area contributed by atoms with Crippen LogP contribution in [0.5, 0.6) is 5.75 Å². The molecule has 1 aliphatic heterocycles. The van der Waals surface area contributed by atoms with E-state index in [1.165, 1.54) is 12.1 Å². The molecule has 3 rings (SSSR count). The fourth-order valence-electron chi connectivity index (χ4n) is 2.87. The molecule has 1 heterocycles. The second-order valence-electron chi connectivity index (χ2n) is 6.06. The van der Waals surface area contributed by atoms with Crippen LogP contribution in [0.15, 0.2) is 42.5 Å². The minimum Gasteiger partial charge on any atom is -0.497 e. The van der Waals surface area contributed by atoms with E-state index in [-0.39, 0.29) is 24.8 Å². The standard InChI is InChI=1S/C19H19FN2O3/c1-12-6-7-14(20)9-17(12)21-19(24)13-8-18(23)22(11-13)15-4-3-5-16(10-15)25-2/h3-7,9-10,13H,8,11H2,1-2H3,(H,21,24)/t13-/m1/s1. The number of benzene rings is 2. The highest BCUT2D eigenvalue weighted by molar-refractivity contribution is 6.03. The normalized spacial score (nSPS) is 16.8. The molecule has 25 heavy (non-hydrogen) atoms. The zero-order valence-electron chi connectivity index (χ0n) is 14.1. The largest absolute Gasteiger partial charge is 0.497 e. The Bertz CT molecular complexity index is 822. The van der Waals surface area contributed by atoms with E-state index in [1.54, 1.807) is 49.3 Å². The summed E-state index contributed by atoms with van der Waals surface area (Å²) in [4.78, 5) is 26.4. The van der Waals surface area contributed by atoms with Crippen LogP contribution >= 0.6 is 0 Å². The van der Waals surface area contributed by atoms with Gasteiger partial charge in [0.1, 0.15) is 11.6 Å². The van der Waals surface area contributed by atoms with Gasteiger partial charge in [-0.15, -0.1) is 0 Å². The first-order valence-corrected chi connectivity index (χ1v) is 7.99. The first kappa shape index (κ1) is 17.0. The van der Waals surface area contributed by atoms with E-state index < -0.39 is 11.7 Å². The molecule has 0 radical (unpaired) electrons. The number of nitrogens with zero attached hydrogens (tertiary/aromatic N) is 1. The van der Waals surface area contributed by atoms with Gasteiger partial charge < -0.3 is 15.0 Å². The van der Waals surface area contributed by atoms with Gasteiger partial charge in [0.25, 0.3) is 0 Å². The second kappa shape index (κ2) is 6.93. The lowest BCUT2D eigenvalue weighted by Crippen LogP contribution is -2.28.